The number of furan rings is 1. The molecular weight excluding hydrogens is 402 g/mol. The number of hydrogen-bond acceptors (Lipinski definition) is 6. The molecule has 1 aliphatic rings. The summed E-state index contributed by atoms with van der Waals surface area (Å²) in [6.07, 6.45) is 1.63. The Morgan fingerprint density at radius 1 is 1.13 bits per heavy atom. The van der Waals surface area contributed by atoms with Crippen molar-refractivity contribution in [2.45, 2.75) is 13.8 Å². The first-order valence-electron chi connectivity index (χ1n) is 9.10. The number of aliphatic imine (C=N–C) groups is 1. The van der Waals surface area contributed by atoms with Crippen LogP contribution in [0.15, 0.2) is 68.9 Å². The number of carbonyl (C=O) groups is 1. The number of benzene rings is 2. The lowest BCUT2D eigenvalue weighted by Crippen LogP contribution is -2.19. The van der Waals surface area contributed by atoms with E-state index in [4.69, 9.17) is 4.42 Å². The number of amidine groups is 1. The van der Waals surface area contributed by atoms with Crippen molar-refractivity contribution in [3.8, 4) is 11.3 Å². The number of carbonyl (C=O) groups excluding carboxylic acids is 1. The van der Waals surface area contributed by atoms with Gasteiger partial charge >= 0.3 is 0 Å². The quantitative estimate of drug-likeness (QED) is 0.349. The molecule has 0 unspecified atom stereocenters. The van der Waals surface area contributed by atoms with Crippen molar-refractivity contribution in [2.24, 2.45) is 4.99 Å². The average Bonchev–Trinajstić information content (AvgIpc) is 3.32. The molecule has 2 heterocycles. The lowest BCUT2D eigenvalue weighted by molar-refractivity contribution is -0.384. The van der Waals surface area contributed by atoms with Crippen LogP contribution in [0.3, 0.4) is 0 Å². The third kappa shape index (κ3) is 4.18. The molecule has 4 rings (SSSR count). The second-order valence-electron chi connectivity index (χ2n) is 6.78. The fourth-order valence-electron chi connectivity index (χ4n) is 2.92. The zero-order chi connectivity index (χ0) is 21.3. The maximum Gasteiger partial charge on any atom is 0.270 e. The maximum atomic E-state index is 12.3. The third-order valence-electron chi connectivity index (χ3n) is 4.48. The Morgan fingerprint density at radius 3 is 2.77 bits per heavy atom. The zero-order valence-corrected chi connectivity index (χ0v) is 17.0. The summed E-state index contributed by atoms with van der Waals surface area (Å²) in [6, 6.07) is 15.6. The summed E-state index contributed by atoms with van der Waals surface area (Å²) in [4.78, 5) is 27.9. The van der Waals surface area contributed by atoms with Gasteiger partial charge in [0.15, 0.2) is 5.17 Å². The van der Waals surface area contributed by atoms with Crippen molar-refractivity contribution in [2.75, 3.05) is 0 Å². The van der Waals surface area contributed by atoms with Gasteiger partial charge in [0.1, 0.15) is 11.5 Å². The highest BCUT2D eigenvalue weighted by molar-refractivity contribution is 8.18. The van der Waals surface area contributed by atoms with Crippen LogP contribution in [0.4, 0.5) is 11.4 Å². The molecule has 150 valence electrons. The molecule has 0 radical (unpaired) electrons. The highest BCUT2D eigenvalue weighted by Crippen LogP contribution is 2.31. The molecule has 7 nitrogen and oxygen atoms in total. The van der Waals surface area contributed by atoms with Crippen molar-refractivity contribution in [3.05, 3.63) is 86.5 Å². The normalized spacial score (nSPS) is 16.3. The van der Waals surface area contributed by atoms with E-state index in [2.05, 4.69) is 10.3 Å². The van der Waals surface area contributed by atoms with Crippen LogP contribution < -0.4 is 5.32 Å². The summed E-state index contributed by atoms with van der Waals surface area (Å²) in [5.41, 5.74) is 3.50. The predicted molar refractivity (Wildman–Crippen MR) is 118 cm³/mol. The monoisotopic (exact) mass is 419 g/mol. The minimum absolute atomic E-state index is 0.0122. The lowest BCUT2D eigenvalue weighted by Gasteiger charge is -2.02. The van der Waals surface area contributed by atoms with Crippen molar-refractivity contribution < 1.29 is 14.1 Å². The molecule has 1 N–H and O–H groups in total. The average molecular weight is 419 g/mol. The second kappa shape index (κ2) is 8.00. The van der Waals surface area contributed by atoms with E-state index < -0.39 is 4.92 Å². The number of aryl methyl sites for hydroxylation is 2. The van der Waals surface area contributed by atoms with Gasteiger partial charge in [-0.25, -0.2) is 4.99 Å². The molecule has 1 aliphatic heterocycles. The van der Waals surface area contributed by atoms with Gasteiger partial charge < -0.3 is 9.73 Å². The van der Waals surface area contributed by atoms with Gasteiger partial charge in [0, 0.05) is 23.8 Å². The Morgan fingerprint density at radius 2 is 1.97 bits per heavy atom. The molecule has 8 heteroatoms. The van der Waals surface area contributed by atoms with Crippen LogP contribution in [0.25, 0.3) is 17.4 Å². The van der Waals surface area contributed by atoms with Gasteiger partial charge in [0.2, 0.25) is 0 Å². The van der Waals surface area contributed by atoms with Crippen LogP contribution in [0.5, 0.6) is 0 Å². The minimum Gasteiger partial charge on any atom is -0.457 e. The van der Waals surface area contributed by atoms with Gasteiger partial charge in [-0.1, -0.05) is 24.3 Å². The SMILES string of the molecule is Cc1ccc(C)c(N=C2NC(=O)C(=Cc3ccc(-c4cccc([N+](=O)[O-])c4)o3)S2)c1. The Balaban J connectivity index is 1.57. The van der Waals surface area contributed by atoms with Crippen molar-refractivity contribution in [1.82, 2.24) is 5.32 Å². The molecule has 1 amide bonds. The summed E-state index contributed by atoms with van der Waals surface area (Å²) >= 11 is 1.24. The Hall–Kier alpha value is -3.65. The van der Waals surface area contributed by atoms with E-state index in [1.807, 2.05) is 32.0 Å². The summed E-state index contributed by atoms with van der Waals surface area (Å²) < 4.78 is 5.77. The van der Waals surface area contributed by atoms with Crippen LogP contribution in [0.2, 0.25) is 0 Å². The summed E-state index contributed by atoms with van der Waals surface area (Å²) in [5, 5.41) is 14.2. The number of nitro groups is 1. The van der Waals surface area contributed by atoms with Gasteiger partial charge in [-0.2, -0.15) is 0 Å². The highest BCUT2D eigenvalue weighted by atomic mass is 32.2. The number of nitro benzene ring substituents is 1. The van der Waals surface area contributed by atoms with E-state index in [-0.39, 0.29) is 11.6 Å². The van der Waals surface area contributed by atoms with E-state index >= 15 is 0 Å². The first kappa shape index (κ1) is 19.7. The van der Waals surface area contributed by atoms with Gasteiger partial charge in [-0.3, -0.25) is 14.9 Å². The molecular formula is C22H17N3O4S. The smallest absolute Gasteiger partial charge is 0.270 e. The van der Waals surface area contributed by atoms with Gasteiger partial charge in [0.25, 0.3) is 11.6 Å². The van der Waals surface area contributed by atoms with E-state index in [0.29, 0.717) is 27.2 Å². The standard InChI is InChI=1S/C22H17N3O4S/c1-13-6-7-14(2)18(10-13)23-22-24-21(26)20(30-22)12-17-8-9-19(29-17)15-4-3-5-16(11-15)25(27)28/h3-12H,1-2H3,(H,23,24,26). The first-order chi connectivity index (χ1) is 14.4. The number of hydrogen-bond donors (Lipinski definition) is 1. The van der Waals surface area contributed by atoms with Gasteiger partial charge in [0.05, 0.1) is 15.5 Å². The number of non-ortho nitro benzene ring substituents is 1. The van der Waals surface area contributed by atoms with E-state index in [1.165, 1.54) is 23.9 Å². The van der Waals surface area contributed by atoms with E-state index in [9.17, 15) is 14.9 Å². The largest absolute Gasteiger partial charge is 0.457 e. The summed E-state index contributed by atoms with van der Waals surface area (Å²) in [6.45, 7) is 3.96. The molecule has 0 saturated carbocycles. The summed E-state index contributed by atoms with van der Waals surface area (Å²) in [5.74, 6) is 0.706. The van der Waals surface area contributed by atoms with E-state index in [0.717, 1.165) is 16.8 Å². The Labute approximate surface area is 176 Å². The minimum atomic E-state index is -0.453. The highest BCUT2D eigenvalue weighted by Gasteiger charge is 2.24. The second-order valence-corrected chi connectivity index (χ2v) is 7.81. The summed E-state index contributed by atoms with van der Waals surface area (Å²) in [7, 11) is 0. The zero-order valence-electron chi connectivity index (χ0n) is 16.2. The Kier molecular flexibility index (Phi) is 5.24. The van der Waals surface area contributed by atoms with Crippen molar-refractivity contribution in [3.63, 3.8) is 0 Å². The number of amides is 1. The molecule has 1 saturated heterocycles. The molecule has 0 aliphatic carbocycles. The van der Waals surface area contributed by atoms with Gasteiger partial charge in [-0.15, -0.1) is 0 Å². The number of thioether (sulfide) groups is 1. The van der Waals surface area contributed by atoms with Crippen LogP contribution in [0, 0.1) is 24.0 Å². The Bertz CT molecular complexity index is 1230. The van der Waals surface area contributed by atoms with E-state index in [1.54, 1.807) is 30.3 Å². The number of nitrogens with zero attached hydrogens (tertiary/aromatic N) is 2. The molecule has 30 heavy (non-hydrogen) atoms. The lowest BCUT2D eigenvalue weighted by atomic mass is 10.1. The predicted octanol–water partition coefficient (Wildman–Crippen LogP) is 5.36. The maximum absolute atomic E-state index is 12.3. The fraction of sp³-hybridized carbons (Fsp3) is 0.0909. The molecule has 3 aromatic rings. The molecule has 1 fully saturated rings. The van der Waals surface area contributed by atoms with Crippen molar-refractivity contribution in [1.29, 1.82) is 0 Å². The van der Waals surface area contributed by atoms with Gasteiger partial charge in [-0.05, 0) is 54.9 Å². The third-order valence-corrected chi connectivity index (χ3v) is 5.39. The molecule has 1 aromatic heterocycles. The number of nitrogens with one attached hydrogen (secondary N) is 1. The molecule has 0 atom stereocenters. The molecule has 0 bridgehead atoms. The molecule has 2 aromatic carbocycles. The van der Waals surface area contributed by atoms with Crippen LogP contribution in [0.1, 0.15) is 16.9 Å². The van der Waals surface area contributed by atoms with Crippen LogP contribution in [-0.2, 0) is 4.79 Å². The van der Waals surface area contributed by atoms with Crippen molar-refractivity contribution >= 4 is 40.3 Å². The topological polar surface area (TPSA) is 97.7 Å². The first-order valence-corrected chi connectivity index (χ1v) is 9.92. The van der Waals surface area contributed by atoms with Crippen LogP contribution in [-0.4, -0.2) is 16.0 Å². The fourth-order valence-corrected chi connectivity index (χ4v) is 3.73. The van der Waals surface area contributed by atoms with Crippen LogP contribution >= 0.6 is 11.8 Å². The molecule has 0 spiro atoms. The number of rotatable bonds is 4.